The Morgan fingerprint density at radius 2 is 2.22 bits per heavy atom. The maximum atomic E-state index is 11.3. The van der Waals surface area contributed by atoms with Crippen LogP contribution in [0, 0.1) is 5.92 Å². The van der Waals surface area contributed by atoms with E-state index in [1.165, 1.54) is 12.6 Å². The van der Waals surface area contributed by atoms with E-state index in [0.717, 1.165) is 18.8 Å². The minimum absolute atomic E-state index is 0.337. The van der Waals surface area contributed by atoms with Gasteiger partial charge < -0.3 is 16.4 Å². The molecule has 0 radical (unpaired) electrons. The predicted octanol–water partition coefficient (Wildman–Crippen LogP) is 1.39. The number of piperidine rings is 1. The second-order valence-corrected chi connectivity index (χ2v) is 5.05. The van der Waals surface area contributed by atoms with Crippen LogP contribution in [0.4, 0.5) is 11.5 Å². The molecule has 1 aliphatic heterocycles. The summed E-state index contributed by atoms with van der Waals surface area (Å²) in [6, 6.07) is 2.11. The van der Waals surface area contributed by atoms with Gasteiger partial charge in [-0.1, -0.05) is 6.92 Å². The summed E-state index contributed by atoms with van der Waals surface area (Å²) in [5.74, 6) is 0.904. The normalized spacial score (nSPS) is 24.0. The van der Waals surface area contributed by atoms with Crippen molar-refractivity contribution in [3.63, 3.8) is 0 Å². The third kappa shape index (κ3) is 2.25. The first-order chi connectivity index (χ1) is 8.50. The molecule has 2 atom stereocenters. The van der Waals surface area contributed by atoms with E-state index in [1.807, 2.05) is 0 Å². The number of pyridine rings is 1. The molecule has 2 unspecified atom stereocenters. The van der Waals surface area contributed by atoms with E-state index in [1.54, 1.807) is 6.07 Å². The first kappa shape index (κ1) is 12.7. The summed E-state index contributed by atoms with van der Waals surface area (Å²) >= 11 is 0. The van der Waals surface area contributed by atoms with Gasteiger partial charge in [-0.2, -0.15) is 0 Å². The number of primary amides is 1. The Morgan fingerprint density at radius 3 is 2.89 bits per heavy atom. The summed E-state index contributed by atoms with van der Waals surface area (Å²) in [7, 11) is 0. The molecule has 1 aromatic rings. The molecule has 2 rings (SSSR count). The monoisotopic (exact) mass is 248 g/mol. The van der Waals surface area contributed by atoms with Crippen LogP contribution in [0.25, 0.3) is 0 Å². The van der Waals surface area contributed by atoms with Gasteiger partial charge >= 0.3 is 0 Å². The minimum Gasteiger partial charge on any atom is -0.397 e. The molecule has 1 aromatic heterocycles. The highest BCUT2D eigenvalue weighted by Gasteiger charge is 2.26. The number of nitrogen functional groups attached to an aromatic ring is 1. The fourth-order valence-electron chi connectivity index (χ4n) is 2.48. The van der Waals surface area contributed by atoms with Crippen LogP contribution in [-0.4, -0.2) is 23.5 Å². The third-order valence-corrected chi connectivity index (χ3v) is 3.85. The molecule has 5 heteroatoms. The van der Waals surface area contributed by atoms with Crippen LogP contribution in [0.15, 0.2) is 12.3 Å². The van der Waals surface area contributed by atoms with Gasteiger partial charge in [-0.15, -0.1) is 0 Å². The molecule has 1 fully saturated rings. The van der Waals surface area contributed by atoms with Crippen molar-refractivity contribution in [1.82, 2.24) is 4.98 Å². The first-order valence-corrected chi connectivity index (χ1v) is 6.32. The lowest BCUT2D eigenvalue weighted by Gasteiger charge is -2.38. The molecule has 0 spiro atoms. The number of anilines is 2. The lowest BCUT2D eigenvalue weighted by atomic mass is 9.92. The molecule has 18 heavy (non-hydrogen) atoms. The highest BCUT2D eigenvalue weighted by molar-refractivity contribution is 5.98. The van der Waals surface area contributed by atoms with Gasteiger partial charge in [-0.3, -0.25) is 4.79 Å². The van der Waals surface area contributed by atoms with Crippen LogP contribution in [-0.2, 0) is 0 Å². The van der Waals surface area contributed by atoms with Crippen molar-refractivity contribution in [1.29, 1.82) is 0 Å². The Kier molecular flexibility index (Phi) is 3.41. The van der Waals surface area contributed by atoms with Crippen molar-refractivity contribution in [3.8, 4) is 0 Å². The van der Waals surface area contributed by atoms with E-state index in [2.05, 4.69) is 23.7 Å². The number of rotatable bonds is 2. The third-order valence-electron chi connectivity index (χ3n) is 3.85. The average molecular weight is 248 g/mol. The molecule has 1 saturated heterocycles. The van der Waals surface area contributed by atoms with Crippen molar-refractivity contribution in [2.24, 2.45) is 11.7 Å². The number of hydrogen-bond donors (Lipinski definition) is 2. The quantitative estimate of drug-likeness (QED) is 0.828. The smallest absolute Gasteiger partial charge is 0.250 e. The number of nitrogens with two attached hydrogens (primary N) is 2. The molecule has 2 heterocycles. The number of nitrogens with zero attached hydrogens (tertiary/aromatic N) is 2. The summed E-state index contributed by atoms with van der Waals surface area (Å²) in [6.07, 6.45) is 3.89. The van der Waals surface area contributed by atoms with Crippen molar-refractivity contribution in [2.75, 3.05) is 17.2 Å². The number of carbonyl (C=O) groups excluding carboxylic acids is 1. The summed E-state index contributed by atoms with van der Waals surface area (Å²) in [4.78, 5) is 17.8. The minimum atomic E-state index is -0.506. The zero-order valence-electron chi connectivity index (χ0n) is 10.9. The highest BCUT2D eigenvalue weighted by Crippen LogP contribution is 2.28. The van der Waals surface area contributed by atoms with Crippen molar-refractivity contribution in [3.05, 3.63) is 17.8 Å². The fraction of sp³-hybridized carbons (Fsp3) is 0.538. The zero-order chi connectivity index (χ0) is 13.3. The van der Waals surface area contributed by atoms with Gasteiger partial charge in [0, 0.05) is 12.6 Å². The standard InChI is InChI=1S/C13H20N4O/c1-8-4-3-5-17(9(8)2)12-6-10(13(15)18)11(14)7-16-12/h6-9H,3-5,14H2,1-2H3,(H2,15,18). The Labute approximate surface area is 107 Å². The largest absolute Gasteiger partial charge is 0.397 e. The molecule has 4 N–H and O–H groups in total. The number of hydrogen-bond acceptors (Lipinski definition) is 4. The van der Waals surface area contributed by atoms with E-state index < -0.39 is 5.91 Å². The first-order valence-electron chi connectivity index (χ1n) is 6.32. The van der Waals surface area contributed by atoms with E-state index in [9.17, 15) is 4.79 Å². The van der Waals surface area contributed by atoms with Crippen LogP contribution < -0.4 is 16.4 Å². The van der Waals surface area contributed by atoms with Gasteiger partial charge in [0.2, 0.25) is 0 Å². The lowest BCUT2D eigenvalue weighted by molar-refractivity contribution is 0.100. The summed E-state index contributed by atoms with van der Waals surface area (Å²) in [6.45, 7) is 5.38. The van der Waals surface area contributed by atoms with Crippen molar-refractivity contribution in [2.45, 2.75) is 32.7 Å². The molecule has 0 bridgehead atoms. The maximum absolute atomic E-state index is 11.3. The zero-order valence-corrected chi connectivity index (χ0v) is 10.9. The second-order valence-electron chi connectivity index (χ2n) is 5.05. The molecule has 98 valence electrons. The van der Waals surface area contributed by atoms with Gasteiger partial charge in [0.15, 0.2) is 0 Å². The van der Waals surface area contributed by atoms with E-state index in [4.69, 9.17) is 11.5 Å². The molecular weight excluding hydrogens is 228 g/mol. The Morgan fingerprint density at radius 1 is 1.50 bits per heavy atom. The molecule has 0 aromatic carbocycles. The fourth-order valence-corrected chi connectivity index (χ4v) is 2.48. The van der Waals surface area contributed by atoms with E-state index in [0.29, 0.717) is 23.2 Å². The molecule has 1 amide bonds. The Hall–Kier alpha value is -1.78. The van der Waals surface area contributed by atoms with Crippen LogP contribution in [0.3, 0.4) is 0 Å². The van der Waals surface area contributed by atoms with Crippen LogP contribution in [0.5, 0.6) is 0 Å². The molecular formula is C13H20N4O. The van der Waals surface area contributed by atoms with Gasteiger partial charge in [0.05, 0.1) is 17.4 Å². The van der Waals surface area contributed by atoms with Crippen LogP contribution in [0.2, 0.25) is 0 Å². The van der Waals surface area contributed by atoms with Crippen LogP contribution >= 0.6 is 0 Å². The highest BCUT2D eigenvalue weighted by atomic mass is 16.1. The average Bonchev–Trinajstić information content (AvgIpc) is 2.33. The van der Waals surface area contributed by atoms with Crippen molar-refractivity contribution >= 4 is 17.4 Å². The number of aromatic nitrogens is 1. The van der Waals surface area contributed by atoms with E-state index >= 15 is 0 Å². The Balaban J connectivity index is 2.33. The summed E-state index contributed by atoms with van der Waals surface area (Å²) in [5.41, 5.74) is 11.7. The molecule has 0 aliphatic carbocycles. The van der Waals surface area contributed by atoms with E-state index in [-0.39, 0.29) is 0 Å². The Bertz CT molecular complexity index is 460. The maximum Gasteiger partial charge on any atom is 0.250 e. The molecule has 0 saturated carbocycles. The van der Waals surface area contributed by atoms with Gasteiger partial charge in [-0.25, -0.2) is 4.98 Å². The molecule has 5 nitrogen and oxygen atoms in total. The summed E-state index contributed by atoms with van der Waals surface area (Å²) < 4.78 is 0. The number of amides is 1. The topological polar surface area (TPSA) is 85.2 Å². The van der Waals surface area contributed by atoms with Crippen molar-refractivity contribution < 1.29 is 4.79 Å². The van der Waals surface area contributed by atoms with Gasteiger partial charge in [0.25, 0.3) is 5.91 Å². The van der Waals surface area contributed by atoms with Crippen LogP contribution in [0.1, 0.15) is 37.0 Å². The molecule has 1 aliphatic rings. The lowest BCUT2D eigenvalue weighted by Crippen LogP contribution is -2.43. The SMILES string of the molecule is CC1CCCN(c2cc(C(N)=O)c(N)cn2)C1C. The van der Waals surface area contributed by atoms with Gasteiger partial charge in [0.1, 0.15) is 5.82 Å². The second kappa shape index (κ2) is 4.84. The summed E-state index contributed by atoms with van der Waals surface area (Å²) in [5, 5.41) is 0. The number of carbonyl (C=O) groups is 1. The van der Waals surface area contributed by atoms with Gasteiger partial charge in [-0.05, 0) is 31.7 Å². The predicted molar refractivity (Wildman–Crippen MR) is 72.4 cm³/mol.